The Morgan fingerprint density at radius 2 is 1.51 bits per heavy atom. The van der Waals surface area contributed by atoms with Crippen molar-refractivity contribution >= 4 is 69.6 Å². The van der Waals surface area contributed by atoms with Crippen LogP contribution >= 0.6 is 22.7 Å². The van der Waals surface area contributed by atoms with Crippen molar-refractivity contribution in [2.75, 3.05) is 0 Å². The Hall–Kier alpha value is -2.96. The molecule has 0 saturated carbocycles. The van der Waals surface area contributed by atoms with E-state index in [-0.39, 0.29) is 47.9 Å². The van der Waals surface area contributed by atoms with Gasteiger partial charge in [-0.25, -0.2) is 4.98 Å². The molecule has 3 aromatic carbocycles. The molecule has 4 nitrogen and oxygen atoms in total. The molecule has 0 fully saturated rings. The van der Waals surface area contributed by atoms with E-state index in [2.05, 4.69) is 81.6 Å². The van der Waals surface area contributed by atoms with Gasteiger partial charge in [0, 0.05) is 62.2 Å². The fourth-order valence-corrected chi connectivity index (χ4v) is 8.30. The largest absolute Gasteiger partial charge is 0.512 e. The Bertz CT molecular complexity index is 2140. The SMILES string of the molecule is CCC(C)(CC)C(=O)/C=C(\O)C(C)(CC)CC.Cc1csc2cc3sc4c(-c5[c-]c6ccccc6c(C(C)(C)C)c5)ncnc4c3cc12.[Ir]. The standard InChI is InChI=1S/C27H21N2S2.C15H28O2.Ir/c1-15-13-30-22-12-23-20(11-19(15)22)25-26(31-23)24(28-14-29-25)17-9-16-7-5-6-8-18(16)21(10-17)27(2,3)4;1-7-14(5,8-2)12(16)11-13(17)15(6,9-3)10-4;/h5-8,10-14H,1-4H3;11,16H,7-10H2,1-6H3;/q-1;;/b;12-11-;. The number of allylic oxidation sites excluding steroid dienone is 2. The van der Waals surface area contributed by atoms with Crippen molar-refractivity contribution in [2.24, 2.45) is 10.8 Å². The average Bonchev–Trinajstić information content (AvgIpc) is 3.64. The first kappa shape index (κ1) is 38.8. The zero-order valence-electron chi connectivity index (χ0n) is 30.5. The Labute approximate surface area is 313 Å². The van der Waals surface area contributed by atoms with Gasteiger partial charge in [-0.3, -0.25) is 9.78 Å². The minimum Gasteiger partial charge on any atom is -0.512 e. The summed E-state index contributed by atoms with van der Waals surface area (Å²) in [6.45, 7) is 21.1. The number of benzene rings is 3. The minimum atomic E-state index is -0.337. The molecule has 6 rings (SSSR count). The summed E-state index contributed by atoms with van der Waals surface area (Å²) in [5.74, 6) is 0.286. The number of fused-ring (bicyclic) bond motifs is 5. The molecule has 261 valence electrons. The first-order valence-corrected chi connectivity index (χ1v) is 18.9. The maximum atomic E-state index is 12.2. The van der Waals surface area contributed by atoms with Crippen LogP contribution in [0.15, 0.2) is 66.0 Å². The number of carbonyl (C=O) groups is 1. The third-order valence-electron chi connectivity index (χ3n) is 10.6. The second kappa shape index (κ2) is 15.1. The fraction of sp³-hybridized carbons (Fsp3) is 0.405. The molecule has 0 amide bonds. The second-order valence-corrected chi connectivity index (χ2v) is 16.6. The molecule has 3 heterocycles. The number of hydrogen-bond donors (Lipinski definition) is 1. The molecule has 0 atom stereocenters. The Morgan fingerprint density at radius 1 is 0.857 bits per heavy atom. The monoisotopic (exact) mass is 870 g/mol. The van der Waals surface area contributed by atoms with Crippen LogP contribution in [0.4, 0.5) is 0 Å². The van der Waals surface area contributed by atoms with Crippen molar-refractivity contribution in [3.05, 3.63) is 83.2 Å². The van der Waals surface area contributed by atoms with Crippen molar-refractivity contribution in [2.45, 2.75) is 100 Å². The molecule has 0 spiro atoms. The van der Waals surface area contributed by atoms with E-state index in [4.69, 9.17) is 9.97 Å². The zero-order chi connectivity index (χ0) is 35.0. The number of aryl methyl sites for hydroxylation is 1. The molecular weight excluding hydrogens is 821 g/mol. The number of carbonyl (C=O) groups excluding carboxylic acids is 1. The van der Waals surface area contributed by atoms with Crippen molar-refractivity contribution in [1.82, 2.24) is 9.97 Å². The van der Waals surface area contributed by atoms with Crippen molar-refractivity contribution in [1.29, 1.82) is 0 Å². The molecule has 7 heteroatoms. The van der Waals surface area contributed by atoms with Crippen LogP contribution in [0.3, 0.4) is 0 Å². The van der Waals surface area contributed by atoms with Gasteiger partial charge in [-0.05, 0) is 66.5 Å². The Morgan fingerprint density at radius 3 is 2.14 bits per heavy atom. The van der Waals surface area contributed by atoms with Gasteiger partial charge >= 0.3 is 0 Å². The van der Waals surface area contributed by atoms with E-state index >= 15 is 0 Å². The summed E-state index contributed by atoms with van der Waals surface area (Å²) in [5.41, 5.74) is 5.13. The summed E-state index contributed by atoms with van der Waals surface area (Å²) in [7, 11) is 0. The molecule has 1 radical (unpaired) electrons. The van der Waals surface area contributed by atoms with Crippen molar-refractivity contribution in [3.63, 3.8) is 0 Å². The van der Waals surface area contributed by atoms with Gasteiger partial charge in [-0.2, -0.15) is 0 Å². The minimum absolute atomic E-state index is 0. The molecule has 0 unspecified atom stereocenters. The van der Waals surface area contributed by atoms with Crippen LogP contribution in [0, 0.1) is 23.8 Å². The first-order chi connectivity index (χ1) is 22.7. The summed E-state index contributed by atoms with van der Waals surface area (Å²) >= 11 is 3.60. The van der Waals surface area contributed by atoms with Crippen molar-refractivity contribution < 1.29 is 30.0 Å². The molecule has 0 bridgehead atoms. The first-order valence-electron chi connectivity index (χ1n) is 17.2. The summed E-state index contributed by atoms with van der Waals surface area (Å²) in [4.78, 5) is 21.6. The van der Waals surface area contributed by atoms with Gasteiger partial charge in [0.25, 0.3) is 0 Å². The summed E-state index contributed by atoms with van der Waals surface area (Å²) in [6.07, 6.45) is 6.46. The zero-order valence-corrected chi connectivity index (χ0v) is 34.5. The molecule has 0 aliphatic carbocycles. The normalized spacial score (nSPS) is 12.7. The van der Waals surface area contributed by atoms with Gasteiger partial charge in [0.05, 0.1) is 5.52 Å². The van der Waals surface area contributed by atoms with Crippen LogP contribution in [0.5, 0.6) is 0 Å². The molecule has 6 aromatic rings. The predicted molar refractivity (Wildman–Crippen MR) is 209 cm³/mol. The quantitative estimate of drug-likeness (QED) is 0.0940. The molecule has 3 aromatic heterocycles. The van der Waals surface area contributed by atoms with E-state index in [0.29, 0.717) is 0 Å². The molecule has 0 saturated heterocycles. The molecule has 49 heavy (non-hydrogen) atoms. The number of ketones is 1. The van der Waals surface area contributed by atoms with E-state index in [1.54, 1.807) is 17.7 Å². The van der Waals surface area contributed by atoms with Crippen LogP contribution in [-0.2, 0) is 30.3 Å². The number of aliphatic hydroxyl groups excluding tert-OH is 1. The Kier molecular flexibility index (Phi) is 12.0. The van der Waals surface area contributed by atoms with Gasteiger partial charge in [0.15, 0.2) is 5.78 Å². The Balaban J connectivity index is 0.000000260. The number of aromatic nitrogens is 2. The smallest absolute Gasteiger partial charge is 0.164 e. The van der Waals surface area contributed by atoms with E-state index in [9.17, 15) is 9.90 Å². The number of thiophene rings is 2. The van der Waals surface area contributed by atoms with Gasteiger partial charge in [-0.15, -0.1) is 51.8 Å². The molecule has 0 aliphatic heterocycles. The van der Waals surface area contributed by atoms with E-state index < -0.39 is 0 Å². The molecule has 1 N–H and O–H groups in total. The number of hydrogen-bond acceptors (Lipinski definition) is 6. The summed E-state index contributed by atoms with van der Waals surface area (Å²) in [5, 5.41) is 17.3. The maximum absolute atomic E-state index is 12.2. The number of nitrogens with zero attached hydrogens (tertiary/aromatic N) is 2. The molecule has 0 aliphatic rings. The topological polar surface area (TPSA) is 63.1 Å². The number of aliphatic hydroxyl groups is 1. The van der Waals surface area contributed by atoms with Crippen LogP contribution in [-0.4, -0.2) is 20.9 Å². The second-order valence-electron chi connectivity index (χ2n) is 14.6. The van der Waals surface area contributed by atoms with E-state index in [0.717, 1.165) is 52.5 Å². The van der Waals surface area contributed by atoms with Gasteiger partial charge < -0.3 is 5.11 Å². The van der Waals surface area contributed by atoms with Crippen LogP contribution in [0.1, 0.15) is 99.1 Å². The van der Waals surface area contributed by atoms with Crippen LogP contribution < -0.4 is 0 Å². The number of rotatable bonds is 8. The van der Waals surface area contributed by atoms with Crippen molar-refractivity contribution in [3.8, 4) is 11.3 Å². The molecular formula is C42H49IrN2O2S2-. The predicted octanol–water partition coefficient (Wildman–Crippen LogP) is 12.9. The third-order valence-corrected chi connectivity index (χ3v) is 12.8. The van der Waals surface area contributed by atoms with Crippen LogP contribution in [0.2, 0.25) is 0 Å². The fourth-order valence-electron chi connectivity index (χ4n) is 6.08. The van der Waals surface area contributed by atoms with Gasteiger partial charge in [0.2, 0.25) is 0 Å². The average molecular weight is 870 g/mol. The summed E-state index contributed by atoms with van der Waals surface area (Å²) < 4.78 is 3.74. The third kappa shape index (κ3) is 7.56. The van der Waals surface area contributed by atoms with E-state index in [1.807, 2.05) is 52.9 Å². The van der Waals surface area contributed by atoms with Crippen LogP contribution in [0.25, 0.3) is 52.4 Å². The van der Waals surface area contributed by atoms with E-state index in [1.165, 1.54) is 42.8 Å². The maximum Gasteiger partial charge on any atom is 0.164 e. The van der Waals surface area contributed by atoms with Gasteiger partial charge in [-0.1, -0.05) is 91.5 Å². The van der Waals surface area contributed by atoms with Gasteiger partial charge in [0.1, 0.15) is 12.1 Å². The summed E-state index contributed by atoms with van der Waals surface area (Å²) in [6, 6.07) is 19.1.